The summed E-state index contributed by atoms with van der Waals surface area (Å²) in [5, 5.41) is 0. The normalized spacial score (nSPS) is 27.7. The number of hydrogen-bond donors (Lipinski definition) is 1. The van der Waals surface area contributed by atoms with Crippen LogP contribution in [-0.2, 0) is 0 Å². The molecule has 1 heterocycles. The minimum atomic E-state index is 0.322. The van der Waals surface area contributed by atoms with Crippen molar-refractivity contribution in [3.05, 3.63) is 0 Å². The van der Waals surface area contributed by atoms with Crippen molar-refractivity contribution in [1.82, 2.24) is 9.80 Å². The predicted octanol–water partition coefficient (Wildman–Crippen LogP) is 2.17. The molecule has 2 atom stereocenters. The van der Waals surface area contributed by atoms with E-state index < -0.39 is 0 Å². The molecule has 1 fully saturated rings. The molecule has 108 valence electrons. The number of hydrogen-bond acceptors (Lipinski definition) is 3. The van der Waals surface area contributed by atoms with E-state index in [4.69, 9.17) is 5.73 Å². The van der Waals surface area contributed by atoms with Gasteiger partial charge in [-0.25, -0.2) is 0 Å². The Bertz CT molecular complexity index is 228. The van der Waals surface area contributed by atoms with Crippen molar-refractivity contribution in [2.24, 2.45) is 11.1 Å². The maximum absolute atomic E-state index is 5.77. The van der Waals surface area contributed by atoms with Gasteiger partial charge in [0, 0.05) is 25.2 Å². The molecule has 0 amide bonds. The second-order valence-electron chi connectivity index (χ2n) is 6.95. The molecule has 0 aromatic heterocycles. The van der Waals surface area contributed by atoms with E-state index in [9.17, 15) is 0 Å². The number of nitrogens with two attached hydrogens (primary N) is 1. The molecule has 3 nitrogen and oxygen atoms in total. The van der Waals surface area contributed by atoms with E-state index >= 15 is 0 Å². The summed E-state index contributed by atoms with van der Waals surface area (Å²) in [5.74, 6) is 0. The molecule has 0 aliphatic carbocycles. The molecule has 0 saturated carbocycles. The van der Waals surface area contributed by atoms with Gasteiger partial charge in [-0.05, 0) is 52.2 Å². The first-order valence-corrected chi connectivity index (χ1v) is 7.50. The van der Waals surface area contributed by atoms with Crippen LogP contribution in [0.3, 0.4) is 0 Å². The predicted molar refractivity (Wildman–Crippen MR) is 79.8 cm³/mol. The lowest BCUT2D eigenvalue weighted by molar-refractivity contribution is 0.0586. The van der Waals surface area contributed by atoms with E-state index in [-0.39, 0.29) is 0 Å². The first-order chi connectivity index (χ1) is 8.35. The van der Waals surface area contributed by atoms with Crippen LogP contribution in [0.1, 0.15) is 47.0 Å². The highest BCUT2D eigenvalue weighted by molar-refractivity contribution is 4.82. The van der Waals surface area contributed by atoms with Gasteiger partial charge in [0.2, 0.25) is 0 Å². The third kappa shape index (κ3) is 4.87. The van der Waals surface area contributed by atoms with Crippen molar-refractivity contribution in [1.29, 1.82) is 0 Å². The molecule has 2 N–H and O–H groups in total. The summed E-state index contributed by atoms with van der Waals surface area (Å²) in [6, 6.07) is 1.38. The molecule has 1 aliphatic rings. The van der Waals surface area contributed by atoms with E-state index in [1.165, 1.54) is 38.9 Å². The second-order valence-corrected chi connectivity index (χ2v) is 6.95. The van der Waals surface area contributed by atoms with Gasteiger partial charge in [-0.15, -0.1) is 0 Å². The minimum Gasteiger partial charge on any atom is -0.330 e. The van der Waals surface area contributed by atoms with Crippen molar-refractivity contribution in [3.8, 4) is 0 Å². The largest absolute Gasteiger partial charge is 0.330 e. The third-order valence-electron chi connectivity index (χ3n) is 4.57. The lowest BCUT2D eigenvalue weighted by Crippen LogP contribution is -2.54. The monoisotopic (exact) mass is 255 g/mol. The highest BCUT2D eigenvalue weighted by Crippen LogP contribution is 2.21. The second kappa shape index (κ2) is 6.88. The first kappa shape index (κ1) is 15.9. The fraction of sp³-hybridized carbons (Fsp3) is 1.00. The van der Waals surface area contributed by atoms with Crippen LogP contribution < -0.4 is 5.73 Å². The lowest BCUT2D eigenvalue weighted by Gasteiger charge is -2.42. The maximum atomic E-state index is 5.77. The van der Waals surface area contributed by atoms with Gasteiger partial charge in [-0.2, -0.15) is 0 Å². The van der Waals surface area contributed by atoms with E-state index in [1.807, 2.05) is 0 Å². The van der Waals surface area contributed by atoms with Gasteiger partial charge in [-0.3, -0.25) is 4.90 Å². The number of likely N-dealkylation sites (N-methyl/N-ethyl adjacent to an activating group) is 1. The Labute approximate surface area is 114 Å². The van der Waals surface area contributed by atoms with Gasteiger partial charge >= 0.3 is 0 Å². The van der Waals surface area contributed by atoms with E-state index in [2.05, 4.69) is 44.5 Å². The first-order valence-electron chi connectivity index (χ1n) is 7.50. The maximum Gasteiger partial charge on any atom is 0.0195 e. The van der Waals surface area contributed by atoms with E-state index in [0.717, 1.165) is 6.54 Å². The van der Waals surface area contributed by atoms with Crippen molar-refractivity contribution in [2.45, 2.75) is 59.0 Å². The summed E-state index contributed by atoms with van der Waals surface area (Å²) in [6.45, 7) is 13.7. The molecular weight excluding hydrogens is 222 g/mol. The van der Waals surface area contributed by atoms with Gasteiger partial charge in [0.15, 0.2) is 0 Å². The highest BCUT2D eigenvalue weighted by Gasteiger charge is 2.25. The average molecular weight is 255 g/mol. The molecule has 0 aromatic rings. The number of nitrogens with zero attached hydrogens (tertiary/aromatic N) is 2. The Morgan fingerprint density at radius 1 is 1.11 bits per heavy atom. The topological polar surface area (TPSA) is 32.5 Å². The van der Waals surface area contributed by atoms with Crippen LogP contribution in [0, 0.1) is 5.41 Å². The summed E-state index contributed by atoms with van der Waals surface area (Å²) in [6.07, 6.45) is 3.87. The number of piperazine rings is 1. The summed E-state index contributed by atoms with van der Waals surface area (Å²) in [5.41, 5.74) is 6.09. The van der Waals surface area contributed by atoms with Crippen molar-refractivity contribution in [3.63, 3.8) is 0 Å². The molecule has 0 bridgehead atoms. The van der Waals surface area contributed by atoms with Crippen LogP contribution in [0.5, 0.6) is 0 Å². The Kier molecular flexibility index (Phi) is 6.09. The van der Waals surface area contributed by atoms with Crippen LogP contribution in [0.25, 0.3) is 0 Å². The summed E-state index contributed by atoms with van der Waals surface area (Å²) < 4.78 is 0. The quantitative estimate of drug-likeness (QED) is 0.738. The zero-order valence-corrected chi connectivity index (χ0v) is 13.1. The van der Waals surface area contributed by atoms with Gasteiger partial charge in [0.25, 0.3) is 0 Å². The smallest absolute Gasteiger partial charge is 0.0195 e. The molecule has 2 unspecified atom stereocenters. The molecule has 1 saturated heterocycles. The SMILES string of the molecule is CC1CN(CCCCC(C)(C)CN)CC(C)N1C. The van der Waals surface area contributed by atoms with Crippen LogP contribution in [0.4, 0.5) is 0 Å². The Hall–Kier alpha value is -0.120. The zero-order chi connectivity index (χ0) is 13.8. The Morgan fingerprint density at radius 3 is 2.17 bits per heavy atom. The summed E-state index contributed by atoms with van der Waals surface area (Å²) in [7, 11) is 2.25. The molecule has 1 aliphatic heterocycles. The van der Waals surface area contributed by atoms with Gasteiger partial charge in [0.05, 0.1) is 0 Å². The van der Waals surface area contributed by atoms with Gasteiger partial charge in [-0.1, -0.05) is 20.3 Å². The van der Waals surface area contributed by atoms with E-state index in [0.29, 0.717) is 17.5 Å². The molecular formula is C15H33N3. The molecule has 0 spiro atoms. The van der Waals surface area contributed by atoms with E-state index in [1.54, 1.807) is 0 Å². The number of rotatable bonds is 6. The van der Waals surface area contributed by atoms with Gasteiger partial charge in [0.1, 0.15) is 0 Å². The Morgan fingerprint density at radius 2 is 1.67 bits per heavy atom. The zero-order valence-electron chi connectivity index (χ0n) is 13.1. The van der Waals surface area contributed by atoms with Crippen LogP contribution in [-0.4, -0.2) is 55.1 Å². The molecule has 18 heavy (non-hydrogen) atoms. The average Bonchev–Trinajstić information content (AvgIpc) is 2.31. The molecule has 0 aromatic carbocycles. The fourth-order valence-corrected chi connectivity index (χ4v) is 2.74. The van der Waals surface area contributed by atoms with Crippen LogP contribution in [0.2, 0.25) is 0 Å². The summed E-state index contributed by atoms with van der Waals surface area (Å²) >= 11 is 0. The van der Waals surface area contributed by atoms with Crippen molar-refractivity contribution < 1.29 is 0 Å². The third-order valence-corrected chi connectivity index (χ3v) is 4.57. The molecule has 1 rings (SSSR count). The minimum absolute atomic E-state index is 0.322. The summed E-state index contributed by atoms with van der Waals surface area (Å²) in [4.78, 5) is 5.12. The lowest BCUT2D eigenvalue weighted by atomic mass is 9.87. The number of unbranched alkanes of at least 4 members (excludes halogenated alkanes) is 1. The van der Waals surface area contributed by atoms with Crippen molar-refractivity contribution in [2.75, 3.05) is 33.2 Å². The Balaban J connectivity index is 2.20. The standard InChI is InChI=1S/C15H33N3/c1-13-10-18(11-14(2)17(13)5)9-7-6-8-15(3,4)12-16/h13-14H,6-12,16H2,1-5H3. The van der Waals surface area contributed by atoms with Crippen LogP contribution in [0.15, 0.2) is 0 Å². The molecule has 3 heteroatoms. The highest BCUT2D eigenvalue weighted by atomic mass is 15.3. The van der Waals surface area contributed by atoms with Crippen LogP contribution >= 0.6 is 0 Å². The molecule has 0 radical (unpaired) electrons. The van der Waals surface area contributed by atoms with Crippen molar-refractivity contribution >= 4 is 0 Å². The fourth-order valence-electron chi connectivity index (χ4n) is 2.74. The van der Waals surface area contributed by atoms with Gasteiger partial charge < -0.3 is 10.6 Å².